The highest BCUT2D eigenvalue weighted by molar-refractivity contribution is 6.01. The molecule has 0 rings (SSSR count). The van der Waals surface area contributed by atoms with E-state index < -0.39 is 17.5 Å². The number of esters is 1. The fraction of sp³-hybridized carbons (Fsp3) is 0.727. The number of Topliss-reactive ketones (excluding diaryl/α,β-unsaturated/α-hetero) is 2. The van der Waals surface area contributed by atoms with Crippen molar-refractivity contribution in [3.05, 3.63) is 0 Å². The van der Waals surface area contributed by atoms with E-state index in [1.807, 2.05) is 0 Å². The van der Waals surface area contributed by atoms with Crippen LogP contribution in [-0.2, 0) is 19.1 Å². The molecule has 0 N–H and O–H groups in total. The van der Waals surface area contributed by atoms with Crippen LogP contribution < -0.4 is 0 Å². The zero-order valence-corrected chi connectivity index (χ0v) is 9.92. The second-order valence-electron chi connectivity index (χ2n) is 4.60. The lowest BCUT2D eigenvalue weighted by atomic mass is 9.99. The van der Waals surface area contributed by atoms with Gasteiger partial charge in [-0.3, -0.25) is 14.4 Å². The van der Waals surface area contributed by atoms with Gasteiger partial charge >= 0.3 is 5.97 Å². The molecule has 4 nitrogen and oxygen atoms in total. The Labute approximate surface area is 90.0 Å². The lowest BCUT2D eigenvalue weighted by Crippen LogP contribution is -2.32. The molecule has 0 heterocycles. The zero-order chi connectivity index (χ0) is 12.2. The molecule has 0 spiro atoms. The Hall–Kier alpha value is -1.19. The Bertz CT molecular complexity index is 273. The molecule has 0 bridgehead atoms. The van der Waals surface area contributed by atoms with Crippen LogP contribution in [0.25, 0.3) is 0 Å². The summed E-state index contributed by atoms with van der Waals surface area (Å²) in [5.41, 5.74) is -0.637. The first-order chi connectivity index (χ1) is 6.63. The Morgan fingerprint density at radius 3 is 1.87 bits per heavy atom. The number of hydrogen-bond donors (Lipinski definition) is 0. The smallest absolute Gasteiger partial charge is 0.317 e. The van der Waals surface area contributed by atoms with Crippen molar-refractivity contribution in [2.45, 2.75) is 46.6 Å². The van der Waals surface area contributed by atoms with E-state index in [1.165, 1.54) is 13.8 Å². The lowest BCUT2D eigenvalue weighted by molar-refractivity contribution is -0.162. The predicted molar refractivity (Wildman–Crippen MR) is 55.3 cm³/mol. The highest BCUT2D eigenvalue weighted by atomic mass is 16.6. The van der Waals surface area contributed by atoms with E-state index in [2.05, 4.69) is 0 Å². The summed E-state index contributed by atoms with van der Waals surface area (Å²) in [6.07, 6.45) is -0.0791. The maximum Gasteiger partial charge on any atom is 0.317 e. The van der Waals surface area contributed by atoms with Crippen molar-refractivity contribution in [1.29, 1.82) is 0 Å². The van der Waals surface area contributed by atoms with Gasteiger partial charge in [-0.25, -0.2) is 0 Å². The van der Waals surface area contributed by atoms with Gasteiger partial charge in [0, 0.05) is 6.42 Å². The van der Waals surface area contributed by atoms with Crippen molar-refractivity contribution >= 4 is 17.5 Å². The van der Waals surface area contributed by atoms with Crippen LogP contribution in [0.4, 0.5) is 0 Å². The first kappa shape index (κ1) is 13.8. The highest BCUT2D eigenvalue weighted by Crippen LogP contribution is 2.14. The van der Waals surface area contributed by atoms with Gasteiger partial charge < -0.3 is 4.74 Å². The van der Waals surface area contributed by atoms with Crippen LogP contribution in [0.2, 0.25) is 0 Å². The Kier molecular flexibility index (Phi) is 4.65. The summed E-state index contributed by atoms with van der Waals surface area (Å²) in [6.45, 7) is 7.79. The molecular weight excluding hydrogens is 196 g/mol. The average Bonchev–Trinajstić information content (AvgIpc) is 1.95. The molecule has 0 radical (unpaired) electrons. The van der Waals surface area contributed by atoms with Crippen molar-refractivity contribution in [3.8, 4) is 0 Å². The van der Waals surface area contributed by atoms with Gasteiger partial charge in [-0.05, 0) is 34.6 Å². The van der Waals surface area contributed by atoms with Crippen LogP contribution in [0, 0.1) is 5.92 Å². The molecule has 0 unspecified atom stereocenters. The molecular formula is C11H18O4. The van der Waals surface area contributed by atoms with E-state index in [0.717, 1.165) is 0 Å². The maximum absolute atomic E-state index is 11.5. The molecule has 0 aliphatic carbocycles. The Morgan fingerprint density at radius 2 is 1.60 bits per heavy atom. The monoisotopic (exact) mass is 214 g/mol. The molecule has 0 saturated heterocycles. The third-order valence-corrected chi connectivity index (χ3v) is 1.67. The molecule has 0 fully saturated rings. The zero-order valence-electron chi connectivity index (χ0n) is 9.92. The number of ether oxygens (including phenoxy) is 1. The minimum atomic E-state index is -0.957. The van der Waals surface area contributed by atoms with Crippen LogP contribution in [0.15, 0.2) is 0 Å². The van der Waals surface area contributed by atoms with E-state index in [9.17, 15) is 14.4 Å². The number of rotatable bonds is 4. The van der Waals surface area contributed by atoms with Crippen molar-refractivity contribution in [2.75, 3.05) is 0 Å². The standard InChI is InChI=1S/C11H18O4/c1-7(12)6-9(8(2)13)10(14)15-11(3,4)5/h9H,6H2,1-5H3/t9-/m0/s1. The van der Waals surface area contributed by atoms with Gasteiger partial charge in [0.15, 0.2) is 0 Å². The van der Waals surface area contributed by atoms with E-state index in [-0.39, 0.29) is 18.0 Å². The van der Waals surface area contributed by atoms with Gasteiger partial charge in [0.2, 0.25) is 0 Å². The molecule has 0 aromatic carbocycles. The average molecular weight is 214 g/mol. The molecule has 0 aromatic rings. The van der Waals surface area contributed by atoms with Crippen molar-refractivity contribution in [1.82, 2.24) is 0 Å². The second-order valence-corrected chi connectivity index (χ2v) is 4.60. The quantitative estimate of drug-likeness (QED) is 0.525. The highest BCUT2D eigenvalue weighted by Gasteiger charge is 2.29. The first-order valence-electron chi connectivity index (χ1n) is 4.86. The Balaban J connectivity index is 4.57. The van der Waals surface area contributed by atoms with Crippen molar-refractivity contribution in [3.63, 3.8) is 0 Å². The fourth-order valence-electron chi connectivity index (χ4n) is 1.05. The predicted octanol–water partition coefficient (Wildman–Crippen LogP) is 1.51. The van der Waals surface area contributed by atoms with E-state index in [1.54, 1.807) is 20.8 Å². The lowest BCUT2D eigenvalue weighted by Gasteiger charge is -2.22. The van der Waals surface area contributed by atoms with Gasteiger partial charge in [-0.2, -0.15) is 0 Å². The van der Waals surface area contributed by atoms with Gasteiger partial charge in [0.05, 0.1) is 0 Å². The summed E-state index contributed by atoms with van der Waals surface area (Å²) in [5.74, 6) is -2.10. The van der Waals surface area contributed by atoms with E-state index >= 15 is 0 Å². The molecule has 15 heavy (non-hydrogen) atoms. The summed E-state index contributed by atoms with van der Waals surface area (Å²) < 4.78 is 5.05. The topological polar surface area (TPSA) is 60.4 Å². The van der Waals surface area contributed by atoms with Crippen LogP contribution in [0.1, 0.15) is 41.0 Å². The molecule has 0 saturated carbocycles. The summed E-state index contributed by atoms with van der Waals surface area (Å²) in [5, 5.41) is 0. The van der Waals surface area contributed by atoms with Gasteiger partial charge in [-0.1, -0.05) is 0 Å². The largest absolute Gasteiger partial charge is 0.459 e. The maximum atomic E-state index is 11.5. The van der Waals surface area contributed by atoms with Crippen LogP contribution in [0.5, 0.6) is 0 Å². The SMILES string of the molecule is CC(=O)C[C@@H](C(C)=O)C(=O)OC(C)(C)C. The van der Waals surface area contributed by atoms with Gasteiger partial charge in [-0.15, -0.1) is 0 Å². The van der Waals surface area contributed by atoms with E-state index in [4.69, 9.17) is 4.74 Å². The normalized spacial score (nSPS) is 13.1. The summed E-state index contributed by atoms with van der Waals surface area (Å²) in [4.78, 5) is 33.6. The molecule has 0 amide bonds. The van der Waals surface area contributed by atoms with Gasteiger partial charge in [0.1, 0.15) is 23.1 Å². The molecule has 4 heteroatoms. The third kappa shape index (κ3) is 5.99. The number of carbonyl (C=O) groups excluding carboxylic acids is 3. The minimum absolute atomic E-state index is 0.0791. The summed E-state index contributed by atoms with van der Waals surface area (Å²) in [7, 11) is 0. The number of carbonyl (C=O) groups is 3. The molecule has 1 atom stereocenters. The fourth-order valence-corrected chi connectivity index (χ4v) is 1.05. The van der Waals surface area contributed by atoms with Crippen LogP contribution in [0.3, 0.4) is 0 Å². The number of ketones is 2. The second kappa shape index (κ2) is 5.05. The van der Waals surface area contributed by atoms with Crippen molar-refractivity contribution < 1.29 is 19.1 Å². The molecule has 86 valence electrons. The van der Waals surface area contributed by atoms with Gasteiger partial charge in [0.25, 0.3) is 0 Å². The van der Waals surface area contributed by atoms with Crippen LogP contribution >= 0.6 is 0 Å². The molecule has 0 aliphatic rings. The van der Waals surface area contributed by atoms with Crippen molar-refractivity contribution in [2.24, 2.45) is 5.92 Å². The number of hydrogen-bond acceptors (Lipinski definition) is 4. The van der Waals surface area contributed by atoms with E-state index in [0.29, 0.717) is 0 Å². The summed E-state index contributed by atoms with van der Waals surface area (Å²) >= 11 is 0. The minimum Gasteiger partial charge on any atom is -0.459 e. The first-order valence-corrected chi connectivity index (χ1v) is 4.86. The third-order valence-electron chi connectivity index (χ3n) is 1.67. The summed E-state index contributed by atoms with van der Waals surface area (Å²) in [6, 6.07) is 0. The Morgan fingerprint density at radius 1 is 1.13 bits per heavy atom. The molecule has 0 aromatic heterocycles. The van der Waals surface area contributed by atoms with Crippen LogP contribution in [-0.4, -0.2) is 23.1 Å². The molecule has 0 aliphatic heterocycles.